The van der Waals surface area contributed by atoms with Crippen LogP contribution in [0.25, 0.3) is 5.70 Å². The minimum atomic E-state index is -3.10. The van der Waals surface area contributed by atoms with Gasteiger partial charge in [0.25, 0.3) is 0 Å². The maximum absolute atomic E-state index is 12.3. The van der Waals surface area contributed by atoms with Crippen LogP contribution in [0.2, 0.25) is 0 Å². The van der Waals surface area contributed by atoms with Gasteiger partial charge in [-0.3, -0.25) is 0 Å². The smallest absolute Gasteiger partial charge is 0.211 e. The zero-order chi connectivity index (χ0) is 20.4. The topological polar surface area (TPSA) is 55.2 Å². The third kappa shape index (κ3) is 2.96. The monoisotopic (exact) mass is 417 g/mol. The van der Waals surface area contributed by atoms with Crippen molar-refractivity contribution in [2.24, 2.45) is 34.5 Å². The predicted molar refractivity (Wildman–Crippen MR) is 115 cm³/mol. The lowest BCUT2D eigenvalue weighted by Crippen LogP contribution is -2.52. The fourth-order valence-electron chi connectivity index (χ4n) is 7.85. The molecular formula is C23H35N3O2S. The number of rotatable bonds is 2. The normalized spacial score (nSPS) is 43.1. The Morgan fingerprint density at radius 2 is 1.97 bits per heavy atom. The first-order valence-corrected chi connectivity index (χ1v) is 13.2. The van der Waals surface area contributed by atoms with Crippen LogP contribution in [0.3, 0.4) is 0 Å². The van der Waals surface area contributed by atoms with Gasteiger partial charge in [-0.2, -0.15) is 0 Å². The summed E-state index contributed by atoms with van der Waals surface area (Å²) >= 11 is 0. The predicted octanol–water partition coefficient (Wildman–Crippen LogP) is 4.25. The Morgan fingerprint density at radius 1 is 1.14 bits per heavy atom. The van der Waals surface area contributed by atoms with Crippen molar-refractivity contribution in [3.63, 3.8) is 0 Å². The second-order valence-corrected chi connectivity index (χ2v) is 12.6. The van der Waals surface area contributed by atoms with E-state index in [1.165, 1.54) is 50.5 Å². The summed E-state index contributed by atoms with van der Waals surface area (Å²) in [5, 5.41) is 0. The molecule has 6 heteroatoms. The average Bonchev–Trinajstić information content (AvgIpc) is 3.24. The van der Waals surface area contributed by atoms with Crippen molar-refractivity contribution in [1.29, 1.82) is 0 Å². The number of aromatic nitrogens is 2. The molecule has 1 aliphatic heterocycles. The molecule has 3 aliphatic carbocycles. The van der Waals surface area contributed by atoms with E-state index in [1.807, 2.05) is 12.5 Å². The molecule has 1 aromatic rings. The molecule has 0 amide bonds. The second-order valence-electron chi connectivity index (χ2n) is 10.6. The molecule has 1 aromatic heterocycles. The Morgan fingerprint density at radius 3 is 2.69 bits per heavy atom. The maximum atomic E-state index is 12.3. The van der Waals surface area contributed by atoms with Gasteiger partial charge in [0.15, 0.2) is 0 Å². The molecular weight excluding hydrogens is 382 g/mol. The Balaban J connectivity index is 1.42. The highest BCUT2D eigenvalue weighted by Gasteiger charge is 2.58. The van der Waals surface area contributed by atoms with E-state index in [2.05, 4.69) is 35.7 Å². The number of imidazole rings is 1. The van der Waals surface area contributed by atoms with E-state index in [0.29, 0.717) is 18.4 Å². The summed E-state index contributed by atoms with van der Waals surface area (Å²) in [4.78, 5) is 4.29. The zero-order valence-electron chi connectivity index (χ0n) is 18.0. The Kier molecular flexibility index (Phi) is 4.56. The Labute approximate surface area is 175 Å². The zero-order valence-corrected chi connectivity index (χ0v) is 18.9. The molecule has 2 heterocycles. The molecule has 0 aromatic carbocycles. The molecule has 5 nitrogen and oxygen atoms in total. The first-order valence-electron chi connectivity index (χ1n) is 11.4. The van der Waals surface area contributed by atoms with E-state index in [9.17, 15) is 8.42 Å². The van der Waals surface area contributed by atoms with Crippen molar-refractivity contribution in [1.82, 2.24) is 13.9 Å². The lowest BCUT2D eigenvalue weighted by atomic mass is 9.47. The maximum Gasteiger partial charge on any atom is 0.211 e. The Hall–Kier alpha value is -1.14. The molecule has 3 fully saturated rings. The summed E-state index contributed by atoms with van der Waals surface area (Å²) in [5.74, 6) is 2.71. The number of nitrogens with zero attached hydrogens (tertiary/aromatic N) is 3. The largest absolute Gasteiger partial charge is 0.310 e. The lowest BCUT2D eigenvalue weighted by molar-refractivity contribution is -0.0801. The van der Waals surface area contributed by atoms with Crippen molar-refractivity contribution >= 4 is 15.7 Å². The quantitative estimate of drug-likeness (QED) is 0.723. The summed E-state index contributed by atoms with van der Waals surface area (Å²) in [6.45, 7) is 6.43. The molecule has 160 valence electrons. The van der Waals surface area contributed by atoms with E-state index >= 15 is 0 Å². The molecule has 0 radical (unpaired) electrons. The third-order valence-corrected chi connectivity index (χ3v) is 10.7. The van der Waals surface area contributed by atoms with Gasteiger partial charge in [-0.25, -0.2) is 17.7 Å². The van der Waals surface area contributed by atoms with Crippen molar-refractivity contribution in [2.75, 3.05) is 19.3 Å². The fourth-order valence-corrected chi connectivity index (χ4v) is 8.76. The number of allylic oxidation sites excluding steroid dienone is 2. The average molecular weight is 418 g/mol. The van der Waals surface area contributed by atoms with Crippen LogP contribution >= 0.6 is 0 Å². The molecule has 1 saturated heterocycles. The first-order chi connectivity index (χ1) is 13.7. The molecule has 4 aliphatic rings. The van der Waals surface area contributed by atoms with E-state index in [0.717, 1.165) is 24.8 Å². The minimum Gasteiger partial charge on any atom is -0.310 e. The summed E-state index contributed by atoms with van der Waals surface area (Å²) in [6, 6.07) is 0. The van der Waals surface area contributed by atoms with Gasteiger partial charge in [0.1, 0.15) is 0 Å². The summed E-state index contributed by atoms with van der Waals surface area (Å²) in [6.07, 6.45) is 18.1. The van der Waals surface area contributed by atoms with Crippen LogP contribution in [-0.4, -0.2) is 41.6 Å². The van der Waals surface area contributed by atoms with E-state index in [1.54, 1.807) is 4.31 Å². The molecule has 6 atom stereocenters. The van der Waals surface area contributed by atoms with Gasteiger partial charge in [0.05, 0.1) is 12.6 Å². The van der Waals surface area contributed by atoms with Crippen LogP contribution in [0.4, 0.5) is 0 Å². The highest BCUT2D eigenvalue weighted by Crippen LogP contribution is 2.65. The number of hydrogen-bond acceptors (Lipinski definition) is 3. The second kappa shape index (κ2) is 6.68. The SMILES string of the molecule is C[C@]12CCCN(S(C)(=O)=O)CC1CC[C@@H]1[C@@H]2CC[C@]2(C)C(n3ccnc3)=CC[C@@H]12. The standard InChI is InChI=1S/C23H35N3O2S/c1-22-10-4-13-26(29(3,27)28)15-17(22)5-6-18-19-7-8-21(25-14-12-24-16-25)23(19,2)11-9-20(18)22/h8,12,14,16-20H,4-7,9-11,13,15H2,1-3H3/t17?,18-,19-,20-,22-,23-/m0/s1. The highest BCUT2D eigenvalue weighted by atomic mass is 32.2. The van der Waals surface area contributed by atoms with Crippen molar-refractivity contribution in [3.05, 3.63) is 24.8 Å². The van der Waals surface area contributed by atoms with Crippen LogP contribution in [0.5, 0.6) is 0 Å². The van der Waals surface area contributed by atoms with E-state index in [4.69, 9.17) is 0 Å². The number of sulfonamides is 1. The van der Waals surface area contributed by atoms with Crippen molar-refractivity contribution in [3.8, 4) is 0 Å². The first kappa shape index (κ1) is 19.8. The van der Waals surface area contributed by atoms with Gasteiger partial charge in [-0.05, 0) is 74.0 Å². The van der Waals surface area contributed by atoms with E-state index < -0.39 is 10.0 Å². The van der Waals surface area contributed by atoms with Crippen LogP contribution in [0.15, 0.2) is 24.8 Å². The number of fused-ring (bicyclic) bond motifs is 5. The van der Waals surface area contributed by atoms with Gasteiger partial charge in [-0.1, -0.05) is 19.9 Å². The van der Waals surface area contributed by atoms with Gasteiger partial charge in [-0.15, -0.1) is 0 Å². The molecule has 0 spiro atoms. The minimum absolute atomic E-state index is 0.245. The summed E-state index contributed by atoms with van der Waals surface area (Å²) < 4.78 is 28.5. The van der Waals surface area contributed by atoms with Gasteiger partial charge >= 0.3 is 0 Å². The van der Waals surface area contributed by atoms with Crippen molar-refractivity contribution in [2.45, 2.75) is 58.8 Å². The lowest BCUT2D eigenvalue weighted by Gasteiger charge is -2.58. The van der Waals surface area contributed by atoms with Crippen LogP contribution in [0.1, 0.15) is 58.8 Å². The third-order valence-electron chi connectivity index (χ3n) is 9.40. The Bertz CT molecular complexity index is 909. The fraction of sp³-hybridized carbons (Fsp3) is 0.783. The van der Waals surface area contributed by atoms with Gasteiger partial charge < -0.3 is 4.57 Å². The molecule has 0 bridgehead atoms. The van der Waals surface area contributed by atoms with Crippen LogP contribution < -0.4 is 0 Å². The van der Waals surface area contributed by atoms with Crippen LogP contribution in [0, 0.1) is 34.5 Å². The molecule has 2 saturated carbocycles. The van der Waals surface area contributed by atoms with Gasteiger partial charge in [0.2, 0.25) is 10.0 Å². The number of hydrogen-bond donors (Lipinski definition) is 0. The van der Waals surface area contributed by atoms with Gasteiger partial charge in [0, 0.05) is 36.6 Å². The van der Waals surface area contributed by atoms with Crippen molar-refractivity contribution < 1.29 is 8.42 Å². The molecule has 1 unspecified atom stereocenters. The van der Waals surface area contributed by atoms with E-state index in [-0.39, 0.29) is 10.8 Å². The summed E-state index contributed by atoms with van der Waals surface area (Å²) in [5.41, 5.74) is 1.98. The summed E-state index contributed by atoms with van der Waals surface area (Å²) in [7, 11) is -3.10. The highest BCUT2D eigenvalue weighted by molar-refractivity contribution is 7.88. The molecule has 5 rings (SSSR count). The molecule has 0 N–H and O–H groups in total. The molecule has 29 heavy (non-hydrogen) atoms. The van der Waals surface area contributed by atoms with Crippen LogP contribution in [-0.2, 0) is 10.0 Å².